The molecule has 0 aliphatic rings. The van der Waals surface area contributed by atoms with Gasteiger partial charge in [0.05, 0.1) is 15.8 Å². The normalized spacial score (nSPS) is 12.1. The first-order valence-electron chi connectivity index (χ1n) is 4.34. The predicted octanol–water partition coefficient (Wildman–Crippen LogP) is 1.77. The van der Waals surface area contributed by atoms with E-state index in [-0.39, 0.29) is 0 Å². The van der Waals surface area contributed by atoms with Gasteiger partial charge in [-0.3, -0.25) is 4.79 Å². The number of carboxylic acid groups (broad SMARTS) is 2. The topological polar surface area (TPSA) is 77.8 Å². The minimum Gasteiger partial charge on any atom is -0.481 e. The molecule has 0 spiro atoms. The Morgan fingerprint density at radius 2 is 2.12 bits per heavy atom. The van der Waals surface area contributed by atoms with Gasteiger partial charge >= 0.3 is 11.9 Å². The Kier molecular flexibility index (Phi) is 4.14. The van der Waals surface area contributed by atoms with Crippen molar-refractivity contribution in [3.63, 3.8) is 0 Å². The maximum Gasteiger partial charge on any atom is 0.326 e. The predicted molar refractivity (Wildman–Crippen MR) is 61.4 cm³/mol. The first kappa shape index (κ1) is 12.8. The summed E-state index contributed by atoms with van der Waals surface area (Å²) in [4.78, 5) is 22.9. The highest BCUT2D eigenvalue weighted by molar-refractivity contribution is 7.19. The fourth-order valence-corrected chi connectivity index (χ4v) is 2.25. The monoisotopic (exact) mass is 263 g/mol. The van der Waals surface area contributed by atoms with Crippen LogP contribution in [0.1, 0.15) is 6.42 Å². The number of anilines is 1. The van der Waals surface area contributed by atoms with E-state index in [1.807, 2.05) is 0 Å². The molecule has 1 atom stereocenters. The maximum atomic E-state index is 10.9. The highest BCUT2D eigenvalue weighted by atomic mass is 35.5. The molecule has 1 aromatic rings. The largest absolute Gasteiger partial charge is 0.481 e. The zero-order valence-corrected chi connectivity index (χ0v) is 9.96. The van der Waals surface area contributed by atoms with Crippen molar-refractivity contribution in [2.24, 2.45) is 0 Å². The summed E-state index contributed by atoms with van der Waals surface area (Å²) in [6.07, 6.45) is -0.457. The van der Waals surface area contributed by atoms with Crippen LogP contribution in [0.2, 0.25) is 4.34 Å². The van der Waals surface area contributed by atoms with Crippen LogP contribution < -0.4 is 4.90 Å². The number of carbonyl (C=O) groups is 2. The van der Waals surface area contributed by atoms with E-state index in [0.717, 1.165) is 0 Å². The van der Waals surface area contributed by atoms with E-state index in [2.05, 4.69) is 0 Å². The fraction of sp³-hybridized carbons (Fsp3) is 0.333. The van der Waals surface area contributed by atoms with Gasteiger partial charge in [0.1, 0.15) is 6.04 Å². The Balaban J connectivity index is 2.86. The van der Waals surface area contributed by atoms with Crippen molar-refractivity contribution in [3.8, 4) is 0 Å². The molecule has 1 aromatic heterocycles. The van der Waals surface area contributed by atoms with E-state index in [4.69, 9.17) is 21.8 Å². The van der Waals surface area contributed by atoms with Crippen LogP contribution in [-0.4, -0.2) is 35.2 Å². The number of thiophene rings is 1. The van der Waals surface area contributed by atoms with Crippen molar-refractivity contribution < 1.29 is 19.8 Å². The molecular formula is C9H10ClNO4S. The maximum absolute atomic E-state index is 10.9. The molecule has 88 valence electrons. The van der Waals surface area contributed by atoms with Crippen LogP contribution in [0, 0.1) is 0 Å². The van der Waals surface area contributed by atoms with Crippen LogP contribution in [0.25, 0.3) is 0 Å². The average Bonchev–Trinajstić information content (AvgIpc) is 2.59. The van der Waals surface area contributed by atoms with Gasteiger partial charge in [0.25, 0.3) is 0 Å². The van der Waals surface area contributed by atoms with Crippen molar-refractivity contribution in [1.29, 1.82) is 0 Å². The van der Waals surface area contributed by atoms with Gasteiger partial charge in [0.15, 0.2) is 0 Å². The Labute approximate surface area is 101 Å². The van der Waals surface area contributed by atoms with Crippen LogP contribution >= 0.6 is 22.9 Å². The number of hydrogen-bond acceptors (Lipinski definition) is 4. The first-order chi connectivity index (χ1) is 7.41. The number of aliphatic carboxylic acids is 2. The summed E-state index contributed by atoms with van der Waals surface area (Å²) < 4.78 is 0.529. The minimum atomic E-state index is -1.17. The Morgan fingerprint density at radius 3 is 2.50 bits per heavy atom. The van der Waals surface area contributed by atoms with E-state index < -0.39 is 24.4 Å². The standard InChI is InChI=1S/C9H10ClNO4S/c1-11(7-3-2-6(10)16-7)5(9(14)15)4-8(12)13/h2-3,5H,4H2,1H3,(H,12,13)(H,14,15). The first-order valence-corrected chi connectivity index (χ1v) is 5.54. The molecule has 7 heteroatoms. The fourth-order valence-electron chi connectivity index (χ4n) is 1.20. The summed E-state index contributed by atoms with van der Waals surface area (Å²) in [6, 6.07) is 2.20. The van der Waals surface area contributed by atoms with E-state index in [1.54, 1.807) is 12.1 Å². The third-order valence-electron chi connectivity index (χ3n) is 2.03. The van der Waals surface area contributed by atoms with Crippen LogP contribution in [0.3, 0.4) is 0 Å². The molecule has 5 nitrogen and oxygen atoms in total. The molecule has 16 heavy (non-hydrogen) atoms. The van der Waals surface area contributed by atoms with Gasteiger partial charge < -0.3 is 15.1 Å². The summed E-state index contributed by atoms with van der Waals surface area (Å²) in [5.41, 5.74) is 0. The van der Waals surface area contributed by atoms with E-state index >= 15 is 0 Å². The summed E-state index contributed by atoms with van der Waals surface area (Å²) in [7, 11) is 1.53. The van der Waals surface area contributed by atoms with E-state index in [0.29, 0.717) is 9.34 Å². The number of hydrogen-bond donors (Lipinski definition) is 2. The second-order valence-electron chi connectivity index (χ2n) is 3.14. The van der Waals surface area contributed by atoms with E-state index in [9.17, 15) is 9.59 Å². The lowest BCUT2D eigenvalue weighted by Gasteiger charge is -2.23. The molecular weight excluding hydrogens is 254 g/mol. The molecule has 1 unspecified atom stereocenters. The second-order valence-corrected chi connectivity index (χ2v) is 4.83. The Bertz CT molecular complexity index is 406. The van der Waals surface area contributed by atoms with Gasteiger partial charge in [-0.2, -0.15) is 0 Å². The average molecular weight is 264 g/mol. The van der Waals surface area contributed by atoms with Crippen LogP contribution in [0.5, 0.6) is 0 Å². The number of rotatable bonds is 5. The molecule has 0 radical (unpaired) electrons. The molecule has 2 N–H and O–H groups in total. The van der Waals surface area contributed by atoms with Gasteiger partial charge in [-0.15, -0.1) is 11.3 Å². The molecule has 1 heterocycles. The van der Waals surface area contributed by atoms with Gasteiger partial charge in [-0.25, -0.2) is 4.79 Å². The van der Waals surface area contributed by atoms with Gasteiger partial charge in [-0.05, 0) is 12.1 Å². The number of nitrogens with zero attached hydrogens (tertiary/aromatic N) is 1. The summed E-state index contributed by atoms with van der Waals surface area (Å²) in [6.45, 7) is 0. The zero-order chi connectivity index (χ0) is 12.3. The van der Waals surface area contributed by atoms with Crippen molar-refractivity contribution in [2.45, 2.75) is 12.5 Å². The van der Waals surface area contributed by atoms with Gasteiger partial charge in [0.2, 0.25) is 0 Å². The summed E-state index contributed by atoms with van der Waals surface area (Å²) >= 11 is 6.93. The molecule has 0 bridgehead atoms. The molecule has 0 aliphatic carbocycles. The van der Waals surface area contributed by atoms with E-state index in [1.165, 1.54) is 23.3 Å². The Morgan fingerprint density at radius 1 is 1.50 bits per heavy atom. The minimum absolute atomic E-state index is 0.457. The molecule has 1 rings (SSSR count). The number of carboxylic acids is 2. The highest BCUT2D eigenvalue weighted by Crippen LogP contribution is 2.30. The third kappa shape index (κ3) is 3.11. The van der Waals surface area contributed by atoms with Crippen molar-refractivity contribution in [2.75, 3.05) is 11.9 Å². The van der Waals surface area contributed by atoms with Crippen molar-refractivity contribution in [3.05, 3.63) is 16.5 Å². The molecule has 0 amide bonds. The van der Waals surface area contributed by atoms with Gasteiger partial charge in [-0.1, -0.05) is 11.6 Å². The smallest absolute Gasteiger partial charge is 0.326 e. The van der Waals surface area contributed by atoms with Gasteiger partial charge in [0, 0.05) is 7.05 Å². The quantitative estimate of drug-likeness (QED) is 0.846. The molecule has 0 fully saturated rings. The summed E-state index contributed by atoms with van der Waals surface area (Å²) in [5.74, 6) is -2.32. The lowest BCUT2D eigenvalue weighted by molar-refractivity contribution is -0.145. The lowest BCUT2D eigenvalue weighted by Crippen LogP contribution is -2.39. The van der Waals surface area contributed by atoms with Crippen LogP contribution in [-0.2, 0) is 9.59 Å². The zero-order valence-electron chi connectivity index (χ0n) is 8.38. The molecule has 0 aliphatic heterocycles. The third-order valence-corrected chi connectivity index (χ3v) is 3.35. The van der Waals surface area contributed by atoms with Crippen molar-refractivity contribution in [1.82, 2.24) is 0 Å². The van der Waals surface area contributed by atoms with Crippen molar-refractivity contribution >= 4 is 39.9 Å². The lowest BCUT2D eigenvalue weighted by atomic mass is 10.2. The SMILES string of the molecule is CN(c1ccc(Cl)s1)C(CC(=O)O)C(=O)O. The van der Waals surface area contributed by atoms with Crippen LogP contribution in [0.15, 0.2) is 12.1 Å². The Hall–Kier alpha value is -1.27. The molecule has 0 aromatic carbocycles. The molecule has 0 saturated carbocycles. The number of halogens is 1. The number of likely N-dealkylation sites (N-methyl/N-ethyl adjacent to an activating group) is 1. The second kappa shape index (κ2) is 5.18. The molecule has 0 saturated heterocycles. The summed E-state index contributed by atoms with van der Waals surface area (Å²) in [5, 5.41) is 18.2. The highest BCUT2D eigenvalue weighted by Gasteiger charge is 2.26. The van der Waals surface area contributed by atoms with Crippen LogP contribution in [0.4, 0.5) is 5.00 Å².